The maximum absolute atomic E-state index is 10.9. The second kappa shape index (κ2) is 6.72. The average Bonchev–Trinajstić information content (AvgIpc) is 2.80. The number of carbonyl (C=O) groups is 1. The van der Waals surface area contributed by atoms with E-state index in [2.05, 4.69) is 24.9 Å². The van der Waals surface area contributed by atoms with Gasteiger partial charge in [-0.1, -0.05) is 32.0 Å². The maximum atomic E-state index is 10.9. The van der Waals surface area contributed by atoms with E-state index >= 15 is 0 Å². The summed E-state index contributed by atoms with van der Waals surface area (Å²) in [5.41, 5.74) is 1.68. The number of ether oxygens (including phenoxy) is 1. The Kier molecular flexibility index (Phi) is 4.96. The topological polar surface area (TPSA) is 62.2 Å². The molecule has 2 aromatic rings. The average molecular weight is 304 g/mol. The zero-order chi connectivity index (χ0) is 15.4. The Morgan fingerprint density at radius 3 is 2.71 bits per heavy atom. The first kappa shape index (κ1) is 15.5. The summed E-state index contributed by atoms with van der Waals surface area (Å²) in [6, 6.07) is 7.96. The van der Waals surface area contributed by atoms with E-state index in [4.69, 9.17) is 4.74 Å². The van der Waals surface area contributed by atoms with Crippen molar-refractivity contribution in [1.82, 2.24) is 4.98 Å². The Bertz CT molecular complexity index is 634. The van der Waals surface area contributed by atoms with Crippen molar-refractivity contribution in [3.63, 3.8) is 0 Å². The van der Waals surface area contributed by atoms with Crippen LogP contribution in [0.2, 0.25) is 0 Å². The van der Waals surface area contributed by atoms with Crippen LogP contribution in [0.5, 0.6) is 5.75 Å². The Morgan fingerprint density at radius 2 is 2.10 bits per heavy atom. The summed E-state index contributed by atoms with van der Waals surface area (Å²) in [4.78, 5) is 15.3. The molecular weight excluding hydrogens is 286 g/mol. The number of thiazole rings is 1. The lowest BCUT2D eigenvalue weighted by atomic mass is 10.0. The lowest BCUT2D eigenvalue weighted by Crippen LogP contribution is -2.21. The summed E-state index contributed by atoms with van der Waals surface area (Å²) < 4.78 is 5.82. The predicted octanol–water partition coefficient (Wildman–Crippen LogP) is 2.56. The highest BCUT2D eigenvalue weighted by molar-refractivity contribution is 7.13. The summed E-state index contributed by atoms with van der Waals surface area (Å²) >= 11 is 1.16. The molecular formula is C16H18NO3S-. The van der Waals surface area contributed by atoms with Crippen molar-refractivity contribution in [2.75, 3.05) is 6.61 Å². The molecule has 0 N–H and O–H groups in total. The summed E-state index contributed by atoms with van der Waals surface area (Å²) in [5, 5.41) is 11.6. The molecule has 5 heteroatoms. The molecule has 0 saturated carbocycles. The molecule has 0 amide bonds. The van der Waals surface area contributed by atoms with Crippen LogP contribution in [0, 0.1) is 6.92 Å². The Morgan fingerprint density at radius 1 is 1.38 bits per heavy atom. The Labute approximate surface area is 128 Å². The van der Waals surface area contributed by atoms with Crippen LogP contribution in [0.4, 0.5) is 0 Å². The second-order valence-electron chi connectivity index (χ2n) is 5.10. The molecule has 4 nitrogen and oxygen atoms in total. The van der Waals surface area contributed by atoms with Crippen molar-refractivity contribution < 1.29 is 14.6 Å². The van der Waals surface area contributed by atoms with Crippen LogP contribution in [0.15, 0.2) is 24.3 Å². The van der Waals surface area contributed by atoms with Crippen molar-refractivity contribution in [1.29, 1.82) is 0 Å². The Hall–Kier alpha value is -1.88. The van der Waals surface area contributed by atoms with Gasteiger partial charge in [-0.25, -0.2) is 4.98 Å². The largest absolute Gasteiger partial charge is 0.544 e. The molecule has 0 aliphatic carbocycles. The van der Waals surface area contributed by atoms with E-state index in [0.29, 0.717) is 24.6 Å². The molecule has 0 spiro atoms. The fourth-order valence-corrected chi connectivity index (χ4v) is 2.97. The van der Waals surface area contributed by atoms with Crippen molar-refractivity contribution in [2.45, 2.75) is 33.1 Å². The van der Waals surface area contributed by atoms with Crippen LogP contribution in [0.1, 0.15) is 45.7 Å². The number of carboxylic acids is 1. The molecule has 0 saturated heterocycles. The van der Waals surface area contributed by atoms with Gasteiger partial charge in [0.25, 0.3) is 0 Å². The minimum Gasteiger partial charge on any atom is -0.544 e. The number of aromatic nitrogens is 1. The number of carboxylic acid groups (broad SMARTS) is 1. The molecule has 1 aromatic carbocycles. The molecule has 1 aromatic heterocycles. The van der Waals surface area contributed by atoms with E-state index in [1.165, 1.54) is 5.56 Å². The van der Waals surface area contributed by atoms with Gasteiger partial charge >= 0.3 is 0 Å². The molecule has 0 aliphatic rings. The predicted molar refractivity (Wildman–Crippen MR) is 80.9 cm³/mol. The van der Waals surface area contributed by atoms with E-state index in [9.17, 15) is 9.90 Å². The highest BCUT2D eigenvalue weighted by Crippen LogP contribution is 2.26. The third-order valence-electron chi connectivity index (χ3n) is 3.14. The molecule has 0 aliphatic heterocycles. The SMILES string of the molecule is Cc1nc(CCOc2ccccc2C(C)C)sc1C(=O)[O-]. The van der Waals surface area contributed by atoms with Gasteiger partial charge in [0.2, 0.25) is 0 Å². The van der Waals surface area contributed by atoms with E-state index in [1.807, 2.05) is 18.2 Å². The fraction of sp³-hybridized carbons (Fsp3) is 0.375. The number of hydrogen-bond donors (Lipinski definition) is 0. The van der Waals surface area contributed by atoms with Gasteiger partial charge in [0.05, 0.1) is 28.2 Å². The molecule has 112 valence electrons. The molecule has 0 fully saturated rings. The smallest absolute Gasteiger partial charge is 0.122 e. The van der Waals surface area contributed by atoms with Crippen LogP contribution in [0.3, 0.4) is 0 Å². The van der Waals surface area contributed by atoms with Crippen molar-refractivity contribution >= 4 is 17.3 Å². The first-order valence-electron chi connectivity index (χ1n) is 6.88. The first-order valence-corrected chi connectivity index (χ1v) is 7.70. The Balaban J connectivity index is 1.99. The van der Waals surface area contributed by atoms with Crippen LogP contribution < -0.4 is 9.84 Å². The number of benzene rings is 1. The second-order valence-corrected chi connectivity index (χ2v) is 6.18. The number of carbonyl (C=O) groups excluding carboxylic acids is 1. The van der Waals surface area contributed by atoms with Crippen molar-refractivity contribution in [3.8, 4) is 5.75 Å². The molecule has 0 bridgehead atoms. The molecule has 0 radical (unpaired) electrons. The van der Waals surface area contributed by atoms with Crippen molar-refractivity contribution in [3.05, 3.63) is 45.4 Å². The number of hydrogen-bond acceptors (Lipinski definition) is 5. The first-order chi connectivity index (χ1) is 9.99. The summed E-state index contributed by atoms with van der Waals surface area (Å²) in [5.74, 6) is 0.108. The molecule has 21 heavy (non-hydrogen) atoms. The zero-order valence-electron chi connectivity index (χ0n) is 12.4. The van der Waals surface area contributed by atoms with Crippen molar-refractivity contribution in [2.24, 2.45) is 0 Å². The van der Waals surface area contributed by atoms with Crippen LogP contribution in [0.25, 0.3) is 0 Å². The lowest BCUT2D eigenvalue weighted by molar-refractivity contribution is -0.254. The van der Waals surface area contributed by atoms with E-state index in [-0.39, 0.29) is 4.88 Å². The number of rotatable bonds is 6. The van der Waals surface area contributed by atoms with Crippen LogP contribution in [-0.4, -0.2) is 17.6 Å². The lowest BCUT2D eigenvalue weighted by Gasteiger charge is -2.13. The number of nitrogens with zero attached hydrogens (tertiary/aromatic N) is 1. The van der Waals surface area contributed by atoms with Gasteiger partial charge in [-0.2, -0.15) is 0 Å². The van der Waals surface area contributed by atoms with Gasteiger partial charge in [-0.3, -0.25) is 0 Å². The minimum atomic E-state index is -1.16. The summed E-state index contributed by atoms with van der Waals surface area (Å²) in [6.45, 7) is 6.40. The fourth-order valence-electron chi connectivity index (χ4n) is 2.09. The maximum Gasteiger partial charge on any atom is 0.122 e. The molecule has 1 heterocycles. The normalized spacial score (nSPS) is 10.9. The summed E-state index contributed by atoms with van der Waals surface area (Å²) in [7, 11) is 0. The molecule has 2 rings (SSSR count). The highest BCUT2D eigenvalue weighted by atomic mass is 32.1. The third-order valence-corrected chi connectivity index (χ3v) is 4.34. The van der Waals surface area contributed by atoms with Crippen LogP contribution >= 0.6 is 11.3 Å². The zero-order valence-corrected chi connectivity index (χ0v) is 13.2. The molecule has 0 atom stereocenters. The van der Waals surface area contributed by atoms with Gasteiger partial charge in [-0.05, 0) is 24.5 Å². The quantitative estimate of drug-likeness (QED) is 0.823. The van der Waals surface area contributed by atoms with E-state index < -0.39 is 5.97 Å². The monoisotopic (exact) mass is 304 g/mol. The van der Waals surface area contributed by atoms with Gasteiger partial charge in [0.15, 0.2) is 0 Å². The third kappa shape index (κ3) is 3.82. The van der Waals surface area contributed by atoms with Gasteiger partial charge in [0.1, 0.15) is 5.75 Å². The highest BCUT2D eigenvalue weighted by Gasteiger charge is 2.10. The van der Waals surface area contributed by atoms with Gasteiger partial charge in [-0.15, -0.1) is 11.3 Å². The standard InChI is InChI=1S/C16H19NO3S/c1-10(2)12-6-4-5-7-13(12)20-9-8-14-17-11(3)15(21-14)16(18)19/h4-7,10H,8-9H2,1-3H3,(H,18,19)/p-1. The minimum absolute atomic E-state index is 0.201. The van der Waals surface area contributed by atoms with Gasteiger partial charge < -0.3 is 14.6 Å². The number of aryl methyl sites for hydroxylation is 1. The van der Waals surface area contributed by atoms with E-state index in [1.54, 1.807) is 6.92 Å². The number of para-hydroxylation sites is 1. The summed E-state index contributed by atoms with van der Waals surface area (Å²) in [6.07, 6.45) is 0.589. The number of aromatic carboxylic acids is 1. The van der Waals surface area contributed by atoms with Crippen LogP contribution in [-0.2, 0) is 6.42 Å². The van der Waals surface area contributed by atoms with E-state index in [0.717, 1.165) is 22.1 Å². The molecule has 0 unspecified atom stereocenters. The van der Waals surface area contributed by atoms with Gasteiger partial charge in [0, 0.05) is 6.42 Å².